The van der Waals surface area contributed by atoms with E-state index in [-0.39, 0.29) is 30.2 Å². The number of aryl methyl sites for hydroxylation is 1. The third-order valence-corrected chi connectivity index (χ3v) is 4.70. The summed E-state index contributed by atoms with van der Waals surface area (Å²) in [5.74, 6) is -1.06. The van der Waals surface area contributed by atoms with Crippen LogP contribution < -0.4 is 0 Å². The van der Waals surface area contributed by atoms with Crippen molar-refractivity contribution in [2.75, 3.05) is 19.7 Å². The number of hydrogen-bond donors (Lipinski definition) is 1. The summed E-state index contributed by atoms with van der Waals surface area (Å²) in [5.41, 5.74) is -1.01. The van der Waals surface area contributed by atoms with Crippen LogP contribution in [-0.2, 0) is 10.0 Å². The highest BCUT2D eigenvalue weighted by Crippen LogP contribution is 2.26. The summed E-state index contributed by atoms with van der Waals surface area (Å²) in [6.45, 7) is 2.40. The zero-order valence-corrected chi connectivity index (χ0v) is 11.9. The Kier molecular flexibility index (Phi) is 5.15. The van der Waals surface area contributed by atoms with Gasteiger partial charge in [0.1, 0.15) is 0 Å². The highest BCUT2D eigenvalue weighted by atomic mass is 32.2. The summed E-state index contributed by atoms with van der Waals surface area (Å²) in [7, 11) is -4.01. The van der Waals surface area contributed by atoms with Crippen LogP contribution in [0.15, 0.2) is 17.0 Å². The number of aliphatic hydroxyl groups is 1. The molecular formula is C11H15FN2O5S. The van der Waals surface area contributed by atoms with E-state index in [1.54, 1.807) is 6.92 Å². The van der Waals surface area contributed by atoms with Gasteiger partial charge in [0.25, 0.3) is 0 Å². The Balaban J connectivity index is 3.43. The molecule has 1 N–H and O–H groups in total. The SMILES string of the molecule is CCN(CCO)S(=O)(=O)c1cc(C)c(F)c([N+](=O)[O-])c1. The number of nitro groups is 1. The quantitative estimate of drug-likeness (QED) is 0.625. The Morgan fingerprint density at radius 1 is 1.45 bits per heavy atom. The van der Waals surface area contributed by atoms with Crippen molar-refractivity contribution in [1.29, 1.82) is 0 Å². The van der Waals surface area contributed by atoms with E-state index in [0.29, 0.717) is 6.07 Å². The molecule has 1 aromatic carbocycles. The molecule has 0 atom stereocenters. The van der Waals surface area contributed by atoms with Crippen molar-refractivity contribution in [1.82, 2.24) is 4.31 Å². The number of rotatable bonds is 6. The Bertz CT molecular complexity index is 617. The molecule has 0 saturated heterocycles. The Morgan fingerprint density at radius 2 is 2.05 bits per heavy atom. The molecular weight excluding hydrogens is 291 g/mol. The molecule has 0 spiro atoms. The highest BCUT2D eigenvalue weighted by Gasteiger charge is 2.27. The molecule has 0 fully saturated rings. The molecule has 0 amide bonds. The van der Waals surface area contributed by atoms with E-state index in [9.17, 15) is 22.9 Å². The minimum Gasteiger partial charge on any atom is -0.395 e. The summed E-state index contributed by atoms with van der Waals surface area (Å²) < 4.78 is 39.0. The van der Waals surface area contributed by atoms with Crippen LogP contribution in [0.25, 0.3) is 0 Å². The Morgan fingerprint density at radius 3 is 2.50 bits per heavy atom. The van der Waals surface area contributed by atoms with Gasteiger partial charge in [-0.25, -0.2) is 8.42 Å². The molecule has 1 aromatic rings. The van der Waals surface area contributed by atoms with Gasteiger partial charge in [0, 0.05) is 19.2 Å². The van der Waals surface area contributed by atoms with E-state index in [2.05, 4.69) is 0 Å². The second-order valence-corrected chi connectivity index (χ2v) is 5.99. The lowest BCUT2D eigenvalue weighted by Gasteiger charge is -2.19. The second-order valence-electron chi connectivity index (χ2n) is 4.05. The topological polar surface area (TPSA) is 101 Å². The first-order valence-corrected chi connectivity index (χ1v) is 7.25. The van der Waals surface area contributed by atoms with E-state index < -0.39 is 26.5 Å². The van der Waals surface area contributed by atoms with Crippen molar-refractivity contribution < 1.29 is 22.8 Å². The molecule has 0 heterocycles. The molecule has 20 heavy (non-hydrogen) atoms. The van der Waals surface area contributed by atoms with Crippen molar-refractivity contribution in [3.05, 3.63) is 33.6 Å². The van der Waals surface area contributed by atoms with Crippen molar-refractivity contribution >= 4 is 15.7 Å². The summed E-state index contributed by atoms with van der Waals surface area (Å²) in [6, 6.07) is 1.73. The molecule has 7 nitrogen and oxygen atoms in total. The molecule has 0 unspecified atom stereocenters. The number of aliphatic hydroxyl groups excluding tert-OH is 1. The molecule has 9 heteroatoms. The van der Waals surface area contributed by atoms with E-state index in [1.165, 1.54) is 6.92 Å². The molecule has 0 aliphatic rings. The first-order valence-electron chi connectivity index (χ1n) is 5.81. The van der Waals surface area contributed by atoms with Crippen LogP contribution in [0.1, 0.15) is 12.5 Å². The molecule has 0 aliphatic carbocycles. The van der Waals surface area contributed by atoms with E-state index in [1.807, 2.05) is 0 Å². The van der Waals surface area contributed by atoms with Gasteiger partial charge >= 0.3 is 5.69 Å². The standard InChI is InChI=1S/C11H15FN2O5S/c1-3-13(4-5-15)20(18,19)9-6-8(2)11(12)10(7-9)14(16)17/h6-7,15H,3-5H2,1-2H3. The maximum atomic E-state index is 13.6. The van der Waals surface area contributed by atoms with Gasteiger partial charge < -0.3 is 5.11 Å². The van der Waals surface area contributed by atoms with Crippen molar-refractivity contribution in [2.45, 2.75) is 18.7 Å². The lowest BCUT2D eigenvalue weighted by molar-refractivity contribution is -0.387. The van der Waals surface area contributed by atoms with Crippen LogP contribution in [0.4, 0.5) is 10.1 Å². The first kappa shape index (κ1) is 16.5. The monoisotopic (exact) mass is 306 g/mol. The predicted octanol–water partition coefficient (Wildman–Crippen LogP) is 1.05. The average molecular weight is 306 g/mol. The molecule has 112 valence electrons. The largest absolute Gasteiger partial charge is 0.395 e. The molecule has 0 bridgehead atoms. The number of nitro benzene ring substituents is 1. The fourth-order valence-corrected chi connectivity index (χ4v) is 3.26. The van der Waals surface area contributed by atoms with Gasteiger partial charge in [-0.1, -0.05) is 6.92 Å². The number of sulfonamides is 1. The number of benzene rings is 1. The number of likely N-dealkylation sites (N-methyl/N-ethyl adjacent to an activating group) is 1. The minimum absolute atomic E-state index is 0.0904. The molecule has 0 aromatic heterocycles. The van der Waals surface area contributed by atoms with Crippen LogP contribution >= 0.6 is 0 Å². The number of halogens is 1. The van der Waals surface area contributed by atoms with Crippen molar-refractivity contribution in [3.63, 3.8) is 0 Å². The van der Waals surface area contributed by atoms with Crippen LogP contribution in [0.2, 0.25) is 0 Å². The van der Waals surface area contributed by atoms with Gasteiger partial charge in [-0.05, 0) is 18.6 Å². The maximum Gasteiger partial charge on any atom is 0.306 e. The predicted molar refractivity (Wildman–Crippen MR) is 69.3 cm³/mol. The fraction of sp³-hybridized carbons (Fsp3) is 0.455. The molecule has 1 rings (SSSR count). The summed E-state index contributed by atoms with van der Waals surface area (Å²) >= 11 is 0. The van der Waals surface area contributed by atoms with Gasteiger partial charge in [0.05, 0.1) is 16.4 Å². The van der Waals surface area contributed by atoms with E-state index in [4.69, 9.17) is 5.11 Å². The lowest BCUT2D eigenvalue weighted by atomic mass is 10.2. The first-order chi connectivity index (χ1) is 9.25. The van der Waals surface area contributed by atoms with Gasteiger partial charge in [-0.3, -0.25) is 10.1 Å². The Hall–Kier alpha value is -1.58. The zero-order valence-electron chi connectivity index (χ0n) is 11.0. The smallest absolute Gasteiger partial charge is 0.306 e. The normalized spacial score (nSPS) is 11.8. The Labute approximate surface area is 115 Å². The average Bonchev–Trinajstić information content (AvgIpc) is 2.38. The molecule has 0 saturated carbocycles. The van der Waals surface area contributed by atoms with Gasteiger partial charge in [0.15, 0.2) is 0 Å². The van der Waals surface area contributed by atoms with E-state index in [0.717, 1.165) is 10.4 Å². The van der Waals surface area contributed by atoms with Crippen molar-refractivity contribution in [3.8, 4) is 0 Å². The van der Waals surface area contributed by atoms with Gasteiger partial charge in [0.2, 0.25) is 15.8 Å². The fourth-order valence-electron chi connectivity index (χ4n) is 1.71. The molecule has 0 aliphatic heterocycles. The molecule has 0 radical (unpaired) electrons. The highest BCUT2D eigenvalue weighted by molar-refractivity contribution is 7.89. The summed E-state index contributed by atoms with van der Waals surface area (Å²) in [6.07, 6.45) is 0. The third kappa shape index (κ3) is 3.11. The van der Waals surface area contributed by atoms with Crippen molar-refractivity contribution in [2.24, 2.45) is 0 Å². The maximum absolute atomic E-state index is 13.6. The van der Waals surface area contributed by atoms with Gasteiger partial charge in [-0.2, -0.15) is 8.70 Å². The third-order valence-electron chi connectivity index (χ3n) is 2.75. The van der Waals surface area contributed by atoms with Gasteiger partial charge in [-0.15, -0.1) is 0 Å². The van der Waals surface area contributed by atoms with Crippen LogP contribution in [0.3, 0.4) is 0 Å². The number of nitrogens with zero attached hydrogens (tertiary/aromatic N) is 2. The van der Waals surface area contributed by atoms with E-state index >= 15 is 0 Å². The summed E-state index contributed by atoms with van der Waals surface area (Å²) in [5, 5.41) is 19.6. The number of hydrogen-bond acceptors (Lipinski definition) is 5. The van der Waals surface area contributed by atoms with Crippen LogP contribution in [0.5, 0.6) is 0 Å². The van der Waals surface area contributed by atoms with Crippen LogP contribution in [0, 0.1) is 22.9 Å². The minimum atomic E-state index is -4.01. The lowest BCUT2D eigenvalue weighted by Crippen LogP contribution is -2.33. The zero-order chi connectivity index (χ0) is 15.5. The van der Waals surface area contributed by atoms with Crippen LogP contribution in [-0.4, -0.2) is 42.4 Å². The summed E-state index contributed by atoms with van der Waals surface area (Å²) in [4.78, 5) is 9.40. The second kappa shape index (κ2) is 6.25.